The number of hydrogen-bond donors (Lipinski definition) is 0. The van der Waals surface area contributed by atoms with Gasteiger partial charge >= 0.3 is 0 Å². The fraction of sp³-hybridized carbons (Fsp3) is 0.440. The van der Waals surface area contributed by atoms with Crippen molar-refractivity contribution in [2.45, 2.75) is 56.6 Å². The molecule has 1 aliphatic heterocycles. The van der Waals surface area contributed by atoms with Crippen LogP contribution in [0.25, 0.3) is 6.08 Å². The number of rotatable bonds is 13. The van der Waals surface area contributed by atoms with Crippen molar-refractivity contribution in [2.75, 3.05) is 20.3 Å². The molecule has 1 aliphatic rings. The standard InChI is InChI=1S/C25H32N2O5S3/c1-4-6-7-8-9-10-15-32-20-14-13-19(17-21(20)31-3)18-22-24(28)27(5-2)25(34-22)26-35(29,30)23-12-11-16-33-23/h11-14,16-18H,4-10,15H2,1-3H3/b22-18-,26-25+. The highest BCUT2D eigenvalue weighted by atomic mass is 32.2. The summed E-state index contributed by atoms with van der Waals surface area (Å²) < 4.78 is 40.7. The zero-order chi connectivity index (χ0) is 25.3. The number of nitrogens with zero attached hydrogens (tertiary/aromatic N) is 2. The van der Waals surface area contributed by atoms with Crippen LogP contribution in [-0.4, -0.2) is 44.7 Å². The summed E-state index contributed by atoms with van der Waals surface area (Å²) in [7, 11) is -2.29. The molecule has 0 N–H and O–H groups in total. The molecule has 3 rings (SSSR count). The smallest absolute Gasteiger partial charge is 0.294 e. The summed E-state index contributed by atoms with van der Waals surface area (Å²) in [6.07, 6.45) is 8.86. The van der Waals surface area contributed by atoms with Crippen molar-refractivity contribution in [1.82, 2.24) is 4.90 Å². The molecule has 190 valence electrons. The average Bonchev–Trinajstić information content (AvgIpc) is 3.48. The van der Waals surface area contributed by atoms with E-state index in [1.54, 1.807) is 31.6 Å². The highest BCUT2D eigenvalue weighted by Gasteiger charge is 2.34. The molecule has 1 aromatic carbocycles. The monoisotopic (exact) mass is 536 g/mol. The van der Waals surface area contributed by atoms with Gasteiger partial charge in [-0.1, -0.05) is 51.2 Å². The molecular formula is C25H32N2O5S3. The molecule has 1 saturated heterocycles. The predicted octanol–water partition coefficient (Wildman–Crippen LogP) is 6.18. The van der Waals surface area contributed by atoms with Gasteiger partial charge in [0.05, 0.1) is 18.6 Å². The van der Waals surface area contributed by atoms with Crippen molar-refractivity contribution in [2.24, 2.45) is 4.40 Å². The number of ether oxygens (including phenoxy) is 2. The molecule has 2 heterocycles. The fourth-order valence-corrected chi connectivity index (χ4v) is 6.73. The largest absolute Gasteiger partial charge is 0.493 e. The predicted molar refractivity (Wildman–Crippen MR) is 144 cm³/mol. The number of likely N-dealkylation sites (N-methyl/N-ethyl adjacent to an activating group) is 1. The highest BCUT2D eigenvalue weighted by Crippen LogP contribution is 2.35. The molecule has 1 amide bonds. The zero-order valence-electron chi connectivity index (χ0n) is 20.4. The van der Waals surface area contributed by atoms with E-state index in [-0.39, 0.29) is 15.3 Å². The molecular weight excluding hydrogens is 504 g/mol. The lowest BCUT2D eigenvalue weighted by molar-refractivity contribution is -0.122. The molecule has 1 fully saturated rings. The van der Waals surface area contributed by atoms with Crippen molar-refractivity contribution in [3.05, 3.63) is 46.2 Å². The van der Waals surface area contributed by atoms with Gasteiger partial charge in [0.2, 0.25) is 0 Å². The summed E-state index contributed by atoms with van der Waals surface area (Å²) in [4.78, 5) is 14.7. The molecule has 0 saturated carbocycles. The molecule has 7 nitrogen and oxygen atoms in total. The Kier molecular flexibility index (Phi) is 10.2. The molecule has 0 spiro atoms. The van der Waals surface area contributed by atoms with Crippen molar-refractivity contribution < 1.29 is 22.7 Å². The second-order valence-electron chi connectivity index (χ2n) is 7.97. The van der Waals surface area contributed by atoms with Gasteiger partial charge in [-0.3, -0.25) is 9.69 Å². The molecule has 0 atom stereocenters. The fourth-order valence-electron chi connectivity index (χ4n) is 3.52. The number of thiophene rings is 1. The quantitative estimate of drug-likeness (QED) is 0.225. The van der Waals surface area contributed by atoms with Gasteiger partial charge in [-0.15, -0.1) is 15.7 Å². The van der Waals surface area contributed by atoms with Gasteiger partial charge in [0, 0.05) is 6.54 Å². The minimum absolute atomic E-state index is 0.146. The van der Waals surface area contributed by atoms with Crippen LogP contribution in [0.3, 0.4) is 0 Å². The van der Waals surface area contributed by atoms with Crippen LogP contribution in [-0.2, 0) is 14.8 Å². The molecule has 0 aliphatic carbocycles. The number of hydrogen-bond acceptors (Lipinski definition) is 7. The Bertz CT molecular complexity index is 1160. The summed E-state index contributed by atoms with van der Waals surface area (Å²) in [6.45, 7) is 4.94. The van der Waals surface area contributed by atoms with E-state index in [4.69, 9.17) is 9.47 Å². The number of thioether (sulfide) groups is 1. The Balaban J connectivity index is 1.71. The average molecular weight is 537 g/mol. The number of carbonyl (C=O) groups excluding carboxylic acids is 1. The zero-order valence-corrected chi connectivity index (χ0v) is 22.8. The van der Waals surface area contributed by atoms with Crippen molar-refractivity contribution in [3.63, 3.8) is 0 Å². The first kappa shape index (κ1) is 27.3. The number of amidine groups is 1. The van der Waals surface area contributed by atoms with Crippen LogP contribution in [0.5, 0.6) is 11.5 Å². The van der Waals surface area contributed by atoms with Gasteiger partial charge in [0.25, 0.3) is 15.9 Å². The molecule has 0 unspecified atom stereocenters. The van der Waals surface area contributed by atoms with Crippen LogP contribution in [0.4, 0.5) is 0 Å². The number of sulfonamides is 1. The van der Waals surface area contributed by atoms with E-state index in [1.165, 1.54) is 36.6 Å². The van der Waals surface area contributed by atoms with Gasteiger partial charge in [-0.2, -0.15) is 8.42 Å². The Morgan fingerprint density at radius 2 is 1.83 bits per heavy atom. The van der Waals surface area contributed by atoms with Gasteiger partial charge in [-0.05, 0) is 60.3 Å². The van der Waals surface area contributed by atoms with E-state index in [0.29, 0.717) is 29.6 Å². The third-order valence-electron chi connectivity index (χ3n) is 5.39. The molecule has 35 heavy (non-hydrogen) atoms. The van der Waals surface area contributed by atoms with E-state index in [2.05, 4.69) is 11.3 Å². The second kappa shape index (κ2) is 13.1. The number of benzene rings is 1. The summed E-state index contributed by atoms with van der Waals surface area (Å²) in [5.41, 5.74) is 0.753. The number of amides is 1. The Labute approximate surface area is 216 Å². The maximum Gasteiger partial charge on any atom is 0.294 e. The van der Waals surface area contributed by atoms with Gasteiger partial charge in [-0.25, -0.2) is 0 Å². The lowest BCUT2D eigenvalue weighted by Gasteiger charge is -2.12. The molecule has 1 aromatic heterocycles. The molecule has 2 aromatic rings. The lowest BCUT2D eigenvalue weighted by atomic mass is 10.1. The van der Waals surface area contributed by atoms with Crippen LogP contribution in [0.1, 0.15) is 57.9 Å². The SMILES string of the molecule is CCCCCCCCOc1ccc(/C=C2\S/C(=N/S(=O)(=O)c3cccs3)N(CC)C2=O)cc1OC. The molecule has 0 bridgehead atoms. The summed E-state index contributed by atoms with van der Waals surface area (Å²) in [6, 6.07) is 8.65. The normalized spacial score (nSPS) is 16.4. The number of carbonyl (C=O) groups is 1. The Morgan fingerprint density at radius 1 is 1.06 bits per heavy atom. The van der Waals surface area contributed by atoms with Gasteiger partial charge < -0.3 is 9.47 Å². The third-order valence-corrected chi connectivity index (χ3v) is 9.15. The second-order valence-corrected chi connectivity index (χ2v) is 11.8. The van der Waals surface area contributed by atoms with Gasteiger partial charge in [0.1, 0.15) is 4.21 Å². The first-order chi connectivity index (χ1) is 16.9. The van der Waals surface area contributed by atoms with Crippen molar-refractivity contribution in [1.29, 1.82) is 0 Å². The Morgan fingerprint density at radius 3 is 2.51 bits per heavy atom. The minimum atomic E-state index is -3.87. The lowest BCUT2D eigenvalue weighted by Crippen LogP contribution is -2.29. The summed E-state index contributed by atoms with van der Waals surface area (Å²) in [5.74, 6) is 0.968. The van der Waals surface area contributed by atoms with Crippen LogP contribution in [0.15, 0.2) is 49.2 Å². The summed E-state index contributed by atoms with van der Waals surface area (Å²) >= 11 is 2.15. The van der Waals surface area contributed by atoms with Crippen LogP contribution >= 0.6 is 23.1 Å². The van der Waals surface area contributed by atoms with Crippen LogP contribution in [0.2, 0.25) is 0 Å². The van der Waals surface area contributed by atoms with Crippen molar-refractivity contribution >= 4 is 50.3 Å². The number of unbranched alkanes of at least 4 members (excludes halogenated alkanes) is 5. The van der Waals surface area contributed by atoms with Crippen LogP contribution in [0, 0.1) is 0 Å². The minimum Gasteiger partial charge on any atom is -0.493 e. The van der Waals surface area contributed by atoms with E-state index in [0.717, 1.165) is 41.5 Å². The van der Waals surface area contributed by atoms with E-state index >= 15 is 0 Å². The maximum absolute atomic E-state index is 12.9. The maximum atomic E-state index is 12.9. The van der Waals surface area contributed by atoms with Gasteiger partial charge in [0.15, 0.2) is 16.7 Å². The van der Waals surface area contributed by atoms with E-state index in [9.17, 15) is 13.2 Å². The van der Waals surface area contributed by atoms with E-state index < -0.39 is 10.0 Å². The summed E-state index contributed by atoms with van der Waals surface area (Å²) in [5, 5.41) is 1.83. The highest BCUT2D eigenvalue weighted by molar-refractivity contribution is 8.19. The molecule has 0 radical (unpaired) electrons. The Hall–Kier alpha value is -2.30. The topological polar surface area (TPSA) is 85.3 Å². The first-order valence-corrected chi connectivity index (χ1v) is 14.9. The van der Waals surface area contributed by atoms with Crippen molar-refractivity contribution in [3.8, 4) is 11.5 Å². The molecule has 10 heteroatoms. The third kappa shape index (κ3) is 7.35. The van der Waals surface area contributed by atoms with E-state index in [1.807, 2.05) is 18.2 Å². The first-order valence-electron chi connectivity index (χ1n) is 11.8. The number of methoxy groups -OCH3 is 1. The van der Waals surface area contributed by atoms with Crippen LogP contribution < -0.4 is 9.47 Å².